The van der Waals surface area contributed by atoms with Gasteiger partial charge in [-0.25, -0.2) is 4.39 Å². The first-order valence-electron chi connectivity index (χ1n) is 7.24. The predicted octanol–water partition coefficient (Wildman–Crippen LogP) is 4.03. The molecule has 0 bridgehead atoms. The Morgan fingerprint density at radius 1 is 1.04 bits per heavy atom. The third-order valence-electron chi connectivity index (χ3n) is 2.96. The lowest BCUT2D eigenvalue weighted by molar-refractivity contribution is 0.307. The van der Waals surface area contributed by atoms with Crippen LogP contribution in [0.15, 0.2) is 59.6 Å². The Hall–Kier alpha value is -1.83. The number of para-hydroxylation sites is 1. The molecular formula is C17H21FIN3O. The van der Waals surface area contributed by atoms with Crippen molar-refractivity contribution in [3.8, 4) is 5.75 Å². The number of hydrogen-bond acceptors (Lipinski definition) is 2. The molecule has 0 heterocycles. The summed E-state index contributed by atoms with van der Waals surface area (Å²) in [5.74, 6) is 0.823. The molecule has 0 aromatic heterocycles. The lowest BCUT2D eigenvalue weighted by Crippen LogP contribution is -2.22. The van der Waals surface area contributed by atoms with Crippen LogP contribution in [-0.4, -0.2) is 19.1 Å². The third kappa shape index (κ3) is 7.83. The number of nitrogens with zero attached hydrogens (tertiary/aromatic N) is 1. The summed E-state index contributed by atoms with van der Waals surface area (Å²) in [6.45, 7) is 1.21. The summed E-state index contributed by atoms with van der Waals surface area (Å²) < 4.78 is 18.2. The van der Waals surface area contributed by atoms with Crippen LogP contribution >= 0.6 is 24.0 Å². The summed E-state index contributed by atoms with van der Waals surface area (Å²) in [4.78, 5) is 4.25. The Balaban J connectivity index is 0.00000264. The van der Waals surface area contributed by atoms with Gasteiger partial charge < -0.3 is 15.8 Å². The second-order valence-corrected chi connectivity index (χ2v) is 4.77. The van der Waals surface area contributed by atoms with Crippen LogP contribution in [0.4, 0.5) is 10.1 Å². The molecule has 0 saturated carbocycles. The quantitative estimate of drug-likeness (QED) is 0.303. The minimum Gasteiger partial charge on any atom is -0.494 e. The van der Waals surface area contributed by atoms with Crippen molar-refractivity contribution in [2.75, 3.05) is 18.5 Å². The molecule has 3 N–H and O–H groups in total. The highest BCUT2D eigenvalue weighted by molar-refractivity contribution is 14.0. The zero-order chi connectivity index (χ0) is 15.6. The summed E-state index contributed by atoms with van der Waals surface area (Å²) in [5.41, 5.74) is 6.72. The van der Waals surface area contributed by atoms with E-state index in [-0.39, 0.29) is 29.8 Å². The standard InChI is InChI=1S/C17H20FN3O.HI/c18-14-8-10-16(11-9-14)22-13-5-4-12-20-17(19)21-15-6-2-1-3-7-15;/h1-3,6-11H,4-5,12-13H2,(H3,19,20,21);1H. The lowest BCUT2D eigenvalue weighted by Gasteiger charge is -2.06. The van der Waals surface area contributed by atoms with Gasteiger partial charge >= 0.3 is 0 Å². The van der Waals surface area contributed by atoms with Crippen molar-refractivity contribution in [2.24, 2.45) is 10.7 Å². The molecule has 0 spiro atoms. The van der Waals surface area contributed by atoms with E-state index in [9.17, 15) is 4.39 Å². The fraction of sp³-hybridized carbons (Fsp3) is 0.235. The van der Waals surface area contributed by atoms with Crippen LogP contribution < -0.4 is 15.8 Å². The summed E-state index contributed by atoms with van der Waals surface area (Å²) >= 11 is 0. The molecule has 0 radical (unpaired) electrons. The topological polar surface area (TPSA) is 59.6 Å². The van der Waals surface area contributed by atoms with Gasteiger partial charge in [-0.2, -0.15) is 0 Å². The normalized spacial score (nSPS) is 10.7. The summed E-state index contributed by atoms with van der Waals surface area (Å²) in [5, 5.41) is 3.02. The van der Waals surface area contributed by atoms with Crippen LogP contribution in [0.2, 0.25) is 0 Å². The molecule has 0 saturated heterocycles. The molecule has 2 rings (SSSR count). The van der Waals surface area contributed by atoms with Crippen molar-refractivity contribution in [1.29, 1.82) is 0 Å². The Labute approximate surface area is 153 Å². The van der Waals surface area contributed by atoms with Crippen LogP contribution in [0, 0.1) is 5.82 Å². The van der Waals surface area contributed by atoms with Gasteiger partial charge in [-0.15, -0.1) is 24.0 Å². The van der Waals surface area contributed by atoms with Gasteiger partial charge in [-0.1, -0.05) is 18.2 Å². The zero-order valence-corrected chi connectivity index (χ0v) is 15.1. The van der Waals surface area contributed by atoms with Gasteiger partial charge in [0.15, 0.2) is 5.96 Å². The molecule has 0 fully saturated rings. The minimum atomic E-state index is -0.261. The van der Waals surface area contributed by atoms with Crippen molar-refractivity contribution in [2.45, 2.75) is 12.8 Å². The maximum absolute atomic E-state index is 12.7. The van der Waals surface area contributed by atoms with E-state index in [1.807, 2.05) is 30.3 Å². The third-order valence-corrected chi connectivity index (χ3v) is 2.96. The van der Waals surface area contributed by atoms with E-state index in [0.717, 1.165) is 18.5 Å². The smallest absolute Gasteiger partial charge is 0.193 e. The van der Waals surface area contributed by atoms with Gasteiger partial charge in [-0.3, -0.25) is 4.99 Å². The highest BCUT2D eigenvalue weighted by atomic mass is 127. The Kier molecular flexibility index (Phi) is 9.04. The molecule has 6 heteroatoms. The first-order chi connectivity index (χ1) is 10.7. The number of nitrogens with one attached hydrogen (secondary N) is 1. The van der Waals surface area contributed by atoms with Gasteiger partial charge in [0.2, 0.25) is 0 Å². The molecule has 0 amide bonds. The molecular weight excluding hydrogens is 408 g/mol. The molecule has 4 nitrogen and oxygen atoms in total. The van der Waals surface area contributed by atoms with Gasteiger partial charge in [0.05, 0.1) is 6.61 Å². The van der Waals surface area contributed by atoms with Crippen LogP contribution in [0.3, 0.4) is 0 Å². The molecule has 0 aliphatic heterocycles. The van der Waals surface area contributed by atoms with Gasteiger partial charge in [0.1, 0.15) is 11.6 Å². The van der Waals surface area contributed by atoms with E-state index in [1.165, 1.54) is 12.1 Å². The highest BCUT2D eigenvalue weighted by Gasteiger charge is 1.96. The van der Waals surface area contributed by atoms with E-state index in [0.29, 0.717) is 24.9 Å². The van der Waals surface area contributed by atoms with Crippen molar-refractivity contribution < 1.29 is 9.13 Å². The van der Waals surface area contributed by atoms with Gasteiger partial charge in [0, 0.05) is 12.2 Å². The van der Waals surface area contributed by atoms with Crippen molar-refractivity contribution in [3.05, 3.63) is 60.4 Å². The Morgan fingerprint density at radius 2 is 1.74 bits per heavy atom. The molecule has 0 aliphatic rings. The van der Waals surface area contributed by atoms with E-state index in [1.54, 1.807) is 12.1 Å². The highest BCUT2D eigenvalue weighted by Crippen LogP contribution is 2.11. The van der Waals surface area contributed by atoms with Crippen molar-refractivity contribution in [3.63, 3.8) is 0 Å². The Bertz CT molecular complexity index is 591. The molecule has 2 aromatic carbocycles. The van der Waals surface area contributed by atoms with Crippen LogP contribution in [0.5, 0.6) is 5.75 Å². The predicted molar refractivity (Wildman–Crippen MR) is 103 cm³/mol. The molecule has 0 aliphatic carbocycles. The number of hydrogen-bond donors (Lipinski definition) is 2. The minimum absolute atomic E-state index is 0. The van der Waals surface area contributed by atoms with E-state index in [2.05, 4.69) is 10.3 Å². The maximum Gasteiger partial charge on any atom is 0.193 e. The van der Waals surface area contributed by atoms with Crippen molar-refractivity contribution >= 4 is 35.6 Å². The van der Waals surface area contributed by atoms with Crippen molar-refractivity contribution in [1.82, 2.24) is 0 Å². The van der Waals surface area contributed by atoms with Crippen LogP contribution in [0.1, 0.15) is 12.8 Å². The van der Waals surface area contributed by atoms with Gasteiger partial charge in [0.25, 0.3) is 0 Å². The molecule has 124 valence electrons. The summed E-state index contributed by atoms with van der Waals surface area (Å²) in [6.07, 6.45) is 1.73. The first kappa shape index (κ1) is 19.2. The SMILES string of the molecule is I.NC(=NCCCCOc1ccc(F)cc1)Nc1ccccc1. The number of benzene rings is 2. The number of ether oxygens (including phenoxy) is 1. The number of rotatable bonds is 7. The fourth-order valence-corrected chi connectivity index (χ4v) is 1.84. The summed E-state index contributed by atoms with van der Waals surface area (Å²) in [6, 6.07) is 15.7. The number of halogens is 2. The molecule has 0 unspecified atom stereocenters. The molecule has 0 atom stereocenters. The first-order valence-corrected chi connectivity index (χ1v) is 7.24. The van der Waals surface area contributed by atoms with E-state index in [4.69, 9.17) is 10.5 Å². The molecule has 2 aromatic rings. The summed E-state index contributed by atoms with van der Waals surface area (Å²) in [7, 11) is 0. The Morgan fingerprint density at radius 3 is 2.43 bits per heavy atom. The number of unbranched alkanes of at least 4 members (excludes halogenated alkanes) is 1. The average molecular weight is 429 g/mol. The average Bonchev–Trinajstić information content (AvgIpc) is 2.53. The zero-order valence-electron chi connectivity index (χ0n) is 12.7. The molecule has 23 heavy (non-hydrogen) atoms. The maximum atomic E-state index is 12.7. The largest absolute Gasteiger partial charge is 0.494 e. The second kappa shape index (κ2) is 10.8. The second-order valence-electron chi connectivity index (χ2n) is 4.77. The number of nitrogens with two attached hydrogens (primary N) is 1. The van der Waals surface area contributed by atoms with E-state index >= 15 is 0 Å². The monoisotopic (exact) mass is 429 g/mol. The fourth-order valence-electron chi connectivity index (χ4n) is 1.84. The van der Waals surface area contributed by atoms with Crippen LogP contribution in [0.25, 0.3) is 0 Å². The number of guanidine groups is 1. The van der Waals surface area contributed by atoms with E-state index < -0.39 is 0 Å². The lowest BCUT2D eigenvalue weighted by atomic mass is 10.3. The van der Waals surface area contributed by atoms with Gasteiger partial charge in [-0.05, 0) is 49.2 Å². The number of aliphatic imine (C=N–C) groups is 1. The number of anilines is 1. The van der Waals surface area contributed by atoms with Crippen LogP contribution in [-0.2, 0) is 0 Å².